The lowest BCUT2D eigenvalue weighted by atomic mass is 10.2. The molecule has 1 aromatic heterocycles. The molecule has 0 unspecified atom stereocenters. The van der Waals surface area contributed by atoms with Crippen LogP contribution in [0.1, 0.15) is 32.0 Å². The summed E-state index contributed by atoms with van der Waals surface area (Å²) in [5, 5.41) is 6.58. The minimum Gasteiger partial charge on any atom is -0.377 e. The van der Waals surface area contributed by atoms with Crippen LogP contribution in [0.5, 0.6) is 0 Å². The van der Waals surface area contributed by atoms with E-state index in [1.54, 1.807) is 7.11 Å². The van der Waals surface area contributed by atoms with Crippen LogP contribution in [0.15, 0.2) is 6.07 Å². The topological polar surface area (TPSA) is 59.1 Å². The highest BCUT2D eigenvalue weighted by Gasteiger charge is 2.03. The quantitative estimate of drug-likeness (QED) is 0.612. The maximum atomic E-state index is 5.10. The Balaban J connectivity index is 2.46. The third-order valence-electron chi connectivity index (χ3n) is 2.74. The molecule has 6 heteroatoms. The third-order valence-corrected chi connectivity index (χ3v) is 3.43. The number of ether oxygens (including phenoxy) is 1. The van der Waals surface area contributed by atoms with Crippen molar-refractivity contribution in [3.05, 3.63) is 11.9 Å². The summed E-state index contributed by atoms with van der Waals surface area (Å²) in [6, 6.07) is 1.95. The number of methoxy groups -OCH3 is 1. The second-order valence-electron chi connectivity index (χ2n) is 4.50. The number of thioether (sulfide) groups is 1. The van der Waals surface area contributed by atoms with Crippen molar-refractivity contribution in [3.8, 4) is 0 Å². The highest BCUT2D eigenvalue weighted by atomic mass is 32.2. The van der Waals surface area contributed by atoms with E-state index in [9.17, 15) is 0 Å². The van der Waals surface area contributed by atoms with Gasteiger partial charge in [0, 0.05) is 26.3 Å². The van der Waals surface area contributed by atoms with Gasteiger partial charge in [0.2, 0.25) is 0 Å². The maximum Gasteiger partial charge on any atom is 0.158 e. The van der Waals surface area contributed by atoms with E-state index in [0.717, 1.165) is 24.7 Å². The summed E-state index contributed by atoms with van der Waals surface area (Å²) in [5.41, 5.74) is 0. The number of anilines is 2. The molecule has 0 saturated carbocycles. The average Bonchev–Trinajstić information content (AvgIpc) is 2.43. The predicted octanol–water partition coefficient (Wildman–Crippen LogP) is 3.00. The number of rotatable bonds is 11. The standard InChI is InChI=1S/C14H26N4OS/c1-4-15-12-10-13(18-14(17-12)11-19-2)16-8-6-5-7-9-20-3/h10H,4-9,11H2,1-3H3,(H2,15,16,17,18). The Kier molecular flexibility index (Phi) is 9.15. The lowest BCUT2D eigenvalue weighted by Gasteiger charge is -2.10. The fourth-order valence-electron chi connectivity index (χ4n) is 1.82. The molecule has 0 aromatic carbocycles. The first-order valence-electron chi connectivity index (χ1n) is 7.13. The molecular formula is C14H26N4OS. The molecule has 0 aliphatic heterocycles. The Hall–Kier alpha value is -1.01. The van der Waals surface area contributed by atoms with Crippen molar-refractivity contribution in [2.75, 3.05) is 42.8 Å². The first kappa shape index (κ1) is 17.0. The molecule has 2 N–H and O–H groups in total. The van der Waals surface area contributed by atoms with Gasteiger partial charge in [-0.25, -0.2) is 9.97 Å². The Morgan fingerprint density at radius 2 is 1.90 bits per heavy atom. The van der Waals surface area contributed by atoms with Crippen molar-refractivity contribution in [1.82, 2.24) is 9.97 Å². The van der Waals surface area contributed by atoms with E-state index in [0.29, 0.717) is 12.4 Å². The summed E-state index contributed by atoms with van der Waals surface area (Å²) in [4.78, 5) is 8.84. The van der Waals surface area contributed by atoms with E-state index >= 15 is 0 Å². The molecule has 0 spiro atoms. The number of nitrogens with one attached hydrogen (secondary N) is 2. The van der Waals surface area contributed by atoms with Crippen molar-refractivity contribution >= 4 is 23.4 Å². The molecule has 0 fully saturated rings. The molecule has 0 radical (unpaired) electrons. The van der Waals surface area contributed by atoms with Gasteiger partial charge in [-0.05, 0) is 31.8 Å². The fourth-order valence-corrected chi connectivity index (χ4v) is 2.31. The summed E-state index contributed by atoms with van der Waals surface area (Å²) in [7, 11) is 1.65. The van der Waals surface area contributed by atoms with Crippen molar-refractivity contribution in [3.63, 3.8) is 0 Å². The average molecular weight is 298 g/mol. The lowest BCUT2D eigenvalue weighted by molar-refractivity contribution is 0.178. The van der Waals surface area contributed by atoms with Gasteiger partial charge in [-0.3, -0.25) is 0 Å². The Bertz CT molecular complexity index is 352. The molecule has 0 bridgehead atoms. The smallest absolute Gasteiger partial charge is 0.158 e. The molecule has 114 valence electrons. The van der Waals surface area contributed by atoms with Crippen LogP contribution in [-0.4, -0.2) is 42.2 Å². The predicted molar refractivity (Wildman–Crippen MR) is 87.6 cm³/mol. The number of hydrogen-bond donors (Lipinski definition) is 2. The van der Waals surface area contributed by atoms with Crippen molar-refractivity contribution in [2.24, 2.45) is 0 Å². The number of nitrogens with zero attached hydrogens (tertiary/aromatic N) is 2. The van der Waals surface area contributed by atoms with Gasteiger partial charge in [-0.15, -0.1) is 0 Å². The molecule has 1 rings (SSSR count). The third kappa shape index (κ3) is 6.96. The normalized spacial score (nSPS) is 10.6. The molecule has 0 saturated heterocycles. The summed E-state index contributed by atoms with van der Waals surface area (Å²) < 4.78 is 5.10. The molecule has 1 aromatic rings. The summed E-state index contributed by atoms with van der Waals surface area (Å²) in [6.07, 6.45) is 5.85. The molecule has 0 amide bonds. The highest BCUT2D eigenvalue weighted by Crippen LogP contribution is 2.12. The van der Waals surface area contributed by atoms with Crippen LogP contribution in [0, 0.1) is 0 Å². The maximum absolute atomic E-state index is 5.10. The highest BCUT2D eigenvalue weighted by molar-refractivity contribution is 7.98. The van der Waals surface area contributed by atoms with E-state index < -0.39 is 0 Å². The first-order valence-corrected chi connectivity index (χ1v) is 8.53. The van der Waals surface area contributed by atoms with Crippen molar-refractivity contribution < 1.29 is 4.74 Å². The van der Waals surface area contributed by atoms with Crippen molar-refractivity contribution in [2.45, 2.75) is 32.8 Å². The van der Waals surface area contributed by atoms with Crippen LogP contribution < -0.4 is 10.6 Å². The van der Waals surface area contributed by atoms with Crippen LogP contribution in [0.4, 0.5) is 11.6 Å². The number of hydrogen-bond acceptors (Lipinski definition) is 6. The summed E-state index contributed by atoms with van der Waals surface area (Å²) in [5.74, 6) is 3.67. The lowest BCUT2D eigenvalue weighted by Crippen LogP contribution is -2.09. The van der Waals surface area contributed by atoms with Gasteiger partial charge >= 0.3 is 0 Å². The molecule has 1 heterocycles. The second-order valence-corrected chi connectivity index (χ2v) is 5.48. The van der Waals surface area contributed by atoms with Crippen LogP contribution in [-0.2, 0) is 11.3 Å². The van der Waals surface area contributed by atoms with Gasteiger partial charge in [0.1, 0.15) is 18.2 Å². The Morgan fingerprint density at radius 3 is 2.55 bits per heavy atom. The molecule has 0 aliphatic carbocycles. The zero-order valence-electron chi connectivity index (χ0n) is 12.7. The number of aromatic nitrogens is 2. The van der Waals surface area contributed by atoms with Crippen molar-refractivity contribution in [1.29, 1.82) is 0 Å². The van der Waals surface area contributed by atoms with Gasteiger partial charge in [0.15, 0.2) is 5.82 Å². The summed E-state index contributed by atoms with van der Waals surface area (Å²) in [6.45, 7) is 4.28. The zero-order chi connectivity index (χ0) is 14.6. The largest absolute Gasteiger partial charge is 0.377 e. The molecule has 5 nitrogen and oxygen atoms in total. The molecule has 0 atom stereocenters. The van der Waals surface area contributed by atoms with Crippen LogP contribution in [0.2, 0.25) is 0 Å². The Morgan fingerprint density at radius 1 is 1.15 bits per heavy atom. The minimum absolute atomic E-state index is 0.432. The fraction of sp³-hybridized carbons (Fsp3) is 0.714. The van der Waals surface area contributed by atoms with Gasteiger partial charge in [0.25, 0.3) is 0 Å². The van der Waals surface area contributed by atoms with E-state index in [2.05, 4.69) is 33.8 Å². The van der Waals surface area contributed by atoms with Gasteiger partial charge in [-0.2, -0.15) is 11.8 Å². The molecule has 0 aliphatic rings. The number of unbranched alkanes of at least 4 members (excludes halogenated alkanes) is 2. The second kappa shape index (κ2) is 10.7. The van der Waals surface area contributed by atoms with Crippen LogP contribution in [0.3, 0.4) is 0 Å². The van der Waals surface area contributed by atoms with Gasteiger partial charge in [-0.1, -0.05) is 6.42 Å². The van der Waals surface area contributed by atoms with E-state index in [-0.39, 0.29) is 0 Å². The van der Waals surface area contributed by atoms with E-state index in [1.807, 2.05) is 17.8 Å². The van der Waals surface area contributed by atoms with E-state index in [4.69, 9.17) is 4.74 Å². The first-order chi connectivity index (χ1) is 9.80. The Labute approximate surface area is 126 Å². The molecular weight excluding hydrogens is 272 g/mol. The molecule has 20 heavy (non-hydrogen) atoms. The zero-order valence-corrected chi connectivity index (χ0v) is 13.6. The monoisotopic (exact) mass is 298 g/mol. The van der Waals surface area contributed by atoms with Gasteiger partial charge < -0.3 is 15.4 Å². The van der Waals surface area contributed by atoms with Crippen LogP contribution >= 0.6 is 11.8 Å². The summed E-state index contributed by atoms with van der Waals surface area (Å²) >= 11 is 1.91. The van der Waals surface area contributed by atoms with E-state index in [1.165, 1.54) is 25.0 Å². The minimum atomic E-state index is 0.432. The van der Waals surface area contributed by atoms with Crippen LogP contribution in [0.25, 0.3) is 0 Å². The van der Waals surface area contributed by atoms with Gasteiger partial charge in [0.05, 0.1) is 0 Å². The SMILES string of the molecule is CCNc1cc(NCCCCCSC)nc(COC)n1.